The summed E-state index contributed by atoms with van der Waals surface area (Å²) in [7, 11) is 0. The Morgan fingerprint density at radius 2 is 2.00 bits per heavy atom. The van der Waals surface area contributed by atoms with Gasteiger partial charge in [0.2, 0.25) is 0 Å². The summed E-state index contributed by atoms with van der Waals surface area (Å²) in [6, 6.07) is 10.3. The van der Waals surface area contributed by atoms with Crippen molar-refractivity contribution < 1.29 is 4.74 Å². The van der Waals surface area contributed by atoms with Crippen LogP contribution < -0.4 is 5.32 Å². The molecule has 0 aliphatic carbocycles. The van der Waals surface area contributed by atoms with E-state index in [1.165, 1.54) is 10.4 Å². The number of aromatic nitrogens is 2. The second kappa shape index (κ2) is 6.20. The molecule has 1 N–H and O–H groups in total. The number of nitrogens with one attached hydrogen (secondary N) is 1. The Bertz CT molecular complexity index is 737. The third-order valence-electron chi connectivity index (χ3n) is 3.14. The molecule has 0 fully saturated rings. The Morgan fingerprint density at radius 3 is 2.76 bits per heavy atom. The normalized spacial score (nSPS) is 11.0. The van der Waals surface area contributed by atoms with E-state index in [2.05, 4.69) is 40.4 Å². The molecule has 1 aromatic carbocycles. The summed E-state index contributed by atoms with van der Waals surface area (Å²) >= 11 is 1.68. The molecule has 0 saturated heterocycles. The molecule has 0 aliphatic heterocycles. The predicted octanol–water partition coefficient (Wildman–Crippen LogP) is 4.28. The summed E-state index contributed by atoms with van der Waals surface area (Å²) < 4.78 is 5.40. The van der Waals surface area contributed by atoms with Crippen molar-refractivity contribution in [2.24, 2.45) is 0 Å². The van der Waals surface area contributed by atoms with Crippen molar-refractivity contribution in [3.05, 3.63) is 47.1 Å². The van der Waals surface area contributed by atoms with E-state index in [0.717, 1.165) is 28.3 Å². The van der Waals surface area contributed by atoms with Gasteiger partial charge >= 0.3 is 0 Å². The molecule has 0 atom stereocenters. The summed E-state index contributed by atoms with van der Waals surface area (Å²) in [5.74, 6) is 0.849. The Labute approximate surface area is 127 Å². The van der Waals surface area contributed by atoms with Crippen molar-refractivity contribution in [2.75, 3.05) is 11.9 Å². The lowest BCUT2D eigenvalue weighted by Gasteiger charge is -2.07. The van der Waals surface area contributed by atoms with Crippen molar-refractivity contribution in [3.8, 4) is 0 Å². The van der Waals surface area contributed by atoms with Gasteiger partial charge < -0.3 is 10.1 Å². The van der Waals surface area contributed by atoms with Gasteiger partial charge in [-0.1, -0.05) is 12.1 Å². The molecule has 0 spiro atoms. The van der Waals surface area contributed by atoms with E-state index < -0.39 is 0 Å². The first-order valence-electron chi connectivity index (χ1n) is 6.91. The van der Waals surface area contributed by atoms with Crippen LogP contribution in [0.2, 0.25) is 0 Å². The maximum atomic E-state index is 5.40. The minimum absolute atomic E-state index is 0.651. The Kier molecular flexibility index (Phi) is 4.13. The lowest BCUT2D eigenvalue weighted by Crippen LogP contribution is -1.96. The first kappa shape index (κ1) is 14.0. The lowest BCUT2D eigenvalue weighted by molar-refractivity contribution is 0.134. The summed E-state index contributed by atoms with van der Waals surface area (Å²) in [6.45, 7) is 5.46. The highest BCUT2D eigenvalue weighted by atomic mass is 32.1. The number of thiophene rings is 1. The van der Waals surface area contributed by atoms with Gasteiger partial charge in [0.15, 0.2) is 0 Å². The summed E-state index contributed by atoms with van der Waals surface area (Å²) in [5.41, 5.74) is 2.18. The van der Waals surface area contributed by atoms with Crippen LogP contribution in [0, 0.1) is 6.92 Å². The van der Waals surface area contributed by atoms with E-state index in [9.17, 15) is 0 Å². The SMILES string of the molecule is CCOCc1ccc(Nc2ncnc3sc(C)cc23)cc1. The van der Waals surface area contributed by atoms with Crippen LogP contribution in [0.3, 0.4) is 0 Å². The molecule has 4 nitrogen and oxygen atoms in total. The molecule has 0 saturated carbocycles. The fourth-order valence-electron chi connectivity index (χ4n) is 2.12. The van der Waals surface area contributed by atoms with Crippen LogP contribution in [0.1, 0.15) is 17.4 Å². The zero-order chi connectivity index (χ0) is 14.7. The molecular weight excluding hydrogens is 282 g/mol. The molecule has 3 rings (SSSR count). The molecule has 0 unspecified atom stereocenters. The molecule has 0 aliphatic rings. The zero-order valence-electron chi connectivity index (χ0n) is 12.1. The van der Waals surface area contributed by atoms with Gasteiger partial charge in [0, 0.05) is 17.2 Å². The minimum atomic E-state index is 0.651. The number of benzene rings is 1. The molecular formula is C16H17N3OS. The van der Waals surface area contributed by atoms with Gasteiger partial charge in [0.05, 0.1) is 12.0 Å². The number of ether oxygens (including phenoxy) is 1. The molecule has 0 amide bonds. The molecule has 0 radical (unpaired) electrons. The largest absolute Gasteiger partial charge is 0.377 e. The molecule has 3 aromatic rings. The van der Waals surface area contributed by atoms with Crippen LogP contribution in [0.25, 0.3) is 10.2 Å². The maximum absolute atomic E-state index is 5.40. The first-order chi connectivity index (χ1) is 10.3. The fraction of sp³-hybridized carbons (Fsp3) is 0.250. The number of hydrogen-bond donors (Lipinski definition) is 1. The Morgan fingerprint density at radius 1 is 1.19 bits per heavy atom. The van der Waals surface area contributed by atoms with Crippen LogP contribution in [-0.2, 0) is 11.3 Å². The third kappa shape index (κ3) is 3.20. The maximum Gasteiger partial charge on any atom is 0.142 e. The van der Waals surface area contributed by atoms with Crippen LogP contribution in [0.5, 0.6) is 0 Å². The number of aryl methyl sites for hydroxylation is 1. The monoisotopic (exact) mass is 299 g/mol. The smallest absolute Gasteiger partial charge is 0.142 e. The van der Waals surface area contributed by atoms with Crippen molar-refractivity contribution in [2.45, 2.75) is 20.5 Å². The van der Waals surface area contributed by atoms with Gasteiger partial charge in [0.1, 0.15) is 17.0 Å². The molecule has 2 aromatic heterocycles. The van der Waals surface area contributed by atoms with E-state index in [0.29, 0.717) is 6.61 Å². The highest BCUT2D eigenvalue weighted by Gasteiger charge is 2.07. The van der Waals surface area contributed by atoms with Crippen molar-refractivity contribution in [3.63, 3.8) is 0 Å². The minimum Gasteiger partial charge on any atom is -0.377 e. The van der Waals surface area contributed by atoms with Crippen LogP contribution in [-0.4, -0.2) is 16.6 Å². The van der Waals surface area contributed by atoms with E-state index in [4.69, 9.17) is 4.74 Å². The number of rotatable bonds is 5. The fourth-order valence-corrected chi connectivity index (χ4v) is 2.96. The molecule has 0 bridgehead atoms. The van der Waals surface area contributed by atoms with Crippen LogP contribution >= 0.6 is 11.3 Å². The van der Waals surface area contributed by atoms with E-state index in [1.54, 1.807) is 17.7 Å². The molecule has 2 heterocycles. The zero-order valence-corrected chi connectivity index (χ0v) is 12.9. The van der Waals surface area contributed by atoms with E-state index in [-0.39, 0.29) is 0 Å². The van der Waals surface area contributed by atoms with Crippen molar-refractivity contribution >= 4 is 33.1 Å². The Hall–Kier alpha value is -1.98. The average Bonchev–Trinajstić information content (AvgIpc) is 2.88. The molecule has 21 heavy (non-hydrogen) atoms. The summed E-state index contributed by atoms with van der Waals surface area (Å²) in [4.78, 5) is 10.9. The van der Waals surface area contributed by atoms with Gasteiger partial charge in [-0.05, 0) is 37.6 Å². The second-order valence-corrected chi connectivity index (χ2v) is 5.99. The summed E-state index contributed by atoms with van der Waals surface area (Å²) in [6.07, 6.45) is 1.60. The lowest BCUT2D eigenvalue weighted by atomic mass is 10.2. The van der Waals surface area contributed by atoms with Gasteiger partial charge in [-0.15, -0.1) is 11.3 Å². The van der Waals surface area contributed by atoms with Crippen molar-refractivity contribution in [1.29, 1.82) is 0 Å². The Balaban J connectivity index is 1.81. The first-order valence-corrected chi connectivity index (χ1v) is 7.73. The van der Waals surface area contributed by atoms with E-state index in [1.807, 2.05) is 19.1 Å². The second-order valence-electron chi connectivity index (χ2n) is 4.76. The van der Waals surface area contributed by atoms with Crippen LogP contribution in [0.4, 0.5) is 11.5 Å². The number of fused-ring (bicyclic) bond motifs is 1. The third-order valence-corrected chi connectivity index (χ3v) is 4.10. The molecule has 108 valence electrons. The topological polar surface area (TPSA) is 47.0 Å². The van der Waals surface area contributed by atoms with E-state index >= 15 is 0 Å². The molecule has 5 heteroatoms. The average molecular weight is 299 g/mol. The number of anilines is 2. The van der Waals surface area contributed by atoms with Gasteiger partial charge in [0.25, 0.3) is 0 Å². The number of hydrogen-bond acceptors (Lipinski definition) is 5. The highest BCUT2D eigenvalue weighted by Crippen LogP contribution is 2.29. The summed E-state index contributed by atoms with van der Waals surface area (Å²) in [5, 5.41) is 4.43. The van der Waals surface area contributed by atoms with Crippen LogP contribution in [0.15, 0.2) is 36.7 Å². The predicted molar refractivity (Wildman–Crippen MR) is 87.2 cm³/mol. The highest BCUT2D eigenvalue weighted by molar-refractivity contribution is 7.18. The van der Waals surface area contributed by atoms with Gasteiger partial charge in [-0.3, -0.25) is 0 Å². The van der Waals surface area contributed by atoms with Gasteiger partial charge in [-0.2, -0.15) is 0 Å². The van der Waals surface area contributed by atoms with Crippen molar-refractivity contribution in [1.82, 2.24) is 9.97 Å². The standard InChI is InChI=1S/C16H17N3OS/c1-3-20-9-12-4-6-13(7-5-12)19-15-14-8-11(2)21-16(14)18-10-17-15/h4-8,10H,3,9H2,1-2H3,(H,17,18,19). The number of nitrogens with zero attached hydrogens (tertiary/aromatic N) is 2. The van der Waals surface area contributed by atoms with Gasteiger partial charge in [-0.25, -0.2) is 9.97 Å². The quantitative estimate of drug-likeness (QED) is 0.764.